The van der Waals surface area contributed by atoms with E-state index in [0.29, 0.717) is 35.9 Å². The van der Waals surface area contributed by atoms with Gasteiger partial charge >= 0.3 is 5.97 Å². The quantitative estimate of drug-likeness (QED) is 0.574. The first-order chi connectivity index (χ1) is 15.8. The van der Waals surface area contributed by atoms with Gasteiger partial charge in [-0.2, -0.15) is 9.78 Å². The Kier molecular flexibility index (Phi) is 6.22. The molecule has 3 aromatic rings. The number of anilines is 1. The maximum atomic E-state index is 13.4. The number of carbonyl (C=O) groups excluding carboxylic acids is 2. The van der Waals surface area contributed by atoms with Gasteiger partial charge in [0.2, 0.25) is 0 Å². The summed E-state index contributed by atoms with van der Waals surface area (Å²) in [7, 11) is 0. The van der Waals surface area contributed by atoms with Gasteiger partial charge in [-0.1, -0.05) is 25.0 Å². The van der Waals surface area contributed by atoms with Crippen LogP contribution in [0.5, 0.6) is 0 Å². The van der Waals surface area contributed by atoms with E-state index >= 15 is 0 Å². The van der Waals surface area contributed by atoms with E-state index in [-0.39, 0.29) is 5.82 Å². The number of carbonyl (C=O) groups is 2. The van der Waals surface area contributed by atoms with E-state index in [1.807, 2.05) is 19.9 Å². The molecule has 1 aliphatic carbocycles. The molecule has 0 spiro atoms. The second-order valence-corrected chi connectivity index (χ2v) is 8.45. The molecule has 1 N–H and O–H groups in total. The van der Waals surface area contributed by atoms with Crippen LogP contribution < -0.4 is 5.32 Å². The molecule has 172 valence electrons. The normalized spacial score (nSPS) is 14.8. The highest BCUT2D eigenvalue weighted by molar-refractivity contribution is 5.93. The second-order valence-electron chi connectivity index (χ2n) is 8.45. The van der Waals surface area contributed by atoms with Gasteiger partial charge in [-0.25, -0.2) is 14.4 Å². The molecule has 2 heterocycles. The molecule has 0 unspecified atom stereocenters. The average molecular weight is 452 g/mol. The number of aromatic nitrogens is 4. The molecule has 2 aromatic heterocycles. The number of rotatable bonds is 6. The molecule has 0 radical (unpaired) electrons. The third-order valence-corrected chi connectivity index (χ3v) is 5.84. The largest absolute Gasteiger partial charge is 0.455 e. The summed E-state index contributed by atoms with van der Waals surface area (Å²) in [5.41, 5.74) is 2.09. The Morgan fingerprint density at radius 3 is 2.30 bits per heavy atom. The lowest BCUT2D eigenvalue weighted by Gasteiger charge is -2.27. The zero-order valence-corrected chi connectivity index (χ0v) is 18.9. The predicted octanol–water partition coefficient (Wildman–Crippen LogP) is 3.72. The minimum Gasteiger partial charge on any atom is -0.455 e. The van der Waals surface area contributed by atoms with Crippen LogP contribution in [-0.4, -0.2) is 38.2 Å². The number of benzene rings is 1. The number of halogens is 1. The van der Waals surface area contributed by atoms with Gasteiger partial charge in [-0.15, -0.1) is 0 Å². The van der Waals surface area contributed by atoms with Crippen molar-refractivity contribution in [3.05, 3.63) is 64.9 Å². The fourth-order valence-corrected chi connectivity index (χ4v) is 4.35. The Morgan fingerprint density at radius 1 is 1.03 bits per heavy atom. The Morgan fingerprint density at radius 2 is 1.67 bits per heavy atom. The van der Waals surface area contributed by atoms with E-state index in [4.69, 9.17) is 4.74 Å². The fourth-order valence-electron chi connectivity index (χ4n) is 4.35. The van der Waals surface area contributed by atoms with Crippen molar-refractivity contribution in [3.8, 4) is 5.95 Å². The van der Waals surface area contributed by atoms with Crippen molar-refractivity contribution < 1.29 is 18.7 Å². The summed E-state index contributed by atoms with van der Waals surface area (Å²) in [4.78, 5) is 34.4. The maximum absolute atomic E-state index is 13.4. The van der Waals surface area contributed by atoms with Crippen molar-refractivity contribution in [1.82, 2.24) is 19.7 Å². The number of esters is 1. The Labute approximate surface area is 191 Å². The number of nitrogens with zero attached hydrogens (tertiary/aromatic N) is 4. The highest BCUT2D eigenvalue weighted by Crippen LogP contribution is 2.42. The second kappa shape index (κ2) is 9.09. The third kappa shape index (κ3) is 4.76. The smallest absolute Gasteiger partial charge is 0.317 e. The Bertz CT molecular complexity index is 1160. The van der Waals surface area contributed by atoms with Gasteiger partial charge in [0.05, 0.1) is 11.1 Å². The fraction of sp³-hybridized carbons (Fsp3) is 0.375. The third-order valence-electron chi connectivity index (χ3n) is 5.84. The van der Waals surface area contributed by atoms with Gasteiger partial charge in [-0.05, 0) is 57.4 Å². The lowest BCUT2D eigenvalue weighted by molar-refractivity contribution is -0.153. The van der Waals surface area contributed by atoms with E-state index < -0.39 is 23.9 Å². The van der Waals surface area contributed by atoms with Crippen LogP contribution in [0.2, 0.25) is 0 Å². The van der Waals surface area contributed by atoms with E-state index in [1.54, 1.807) is 25.1 Å². The van der Waals surface area contributed by atoms with Gasteiger partial charge in [0.1, 0.15) is 11.6 Å². The topological polar surface area (TPSA) is 99.0 Å². The molecule has 1 saturated carbocycles. The standard InChI is InChI=1S/C24H26FN5O3/c1-15-12-16(2)27-23(26-15)30-20(13-17(3)29-30)28-21(31)14-33-22(32)24(10-4-5-11-24)18-6-8-19(25)9-7-18/h6-9,12-13H,4-5,10-11,14H2,1-3H3,(H,28,31). The van der Waals surface area contributed by atoms with Crippen LogP contribution in [0.15, 0.2) is 36.4 Å². The number of ether oxygens (including phenoxy) is 1. The first-order valence-corrected chi connectivity index (χ1v) is 10.9. The summed E-state index contributed by atoms with van der Waals surface area (Å²) in [6.45, 7) is 5.06. The highest BCUT2D eigenvalue weighted by Gasteiger charge is 2.44. The molecule has 1 aliphatic rings. The Hall–Kier alpha value is -3.62. The van der Waals surface area contributed by atoms with E-state index in [1.165, 1.54) is 16.8 Å². The maximum Gasteiger partial charge on any atom is 0.317 e. The number of aryl methyl sites for hydroxylation is 3. The van der Waals surface area contributed by atoms with Crippen molar-refractivity contribution in [1.29, 1.82) is 0 Å². The van der Waals surface area contributed by atoms with Crippen molar-refractivity contribution in [2.24, 2.45) is 0 Å². The molecule has 0 bridgehead atoms. The van der Waals surface area contributed by atoms with Crippen LogP contribution in [-0.2, 0) is 19.7 Å². The first-order valence-electron chi connectivity index (χ1n) is 10.9. The lowest BCUT2D eigenvalue weighted by Crippen LogP contribution is -2.36. The summed E-state index contributed by atoms with van der Waals surface area (Å²) in [5.74, 6) is -0.605. The van der Waals surface area contributed by atoms with Gasteiger partial charge in [0.25, 0.3) is 11.9 Å². The van der Waals surface area contributed by atoms with E-state index in [0.717, 1.165) is 24.2 Å². The van der Waals surface area contributed by atoms with Crippen LogP contribution >= 0.6 is 0 Å². The molecule has 0 saturated heterocycles. The van der Waals surface area contributed by atoms with Crippen molar-refractivity contribution in [2.45, 2.75) is 51.9 Å². The predicted molar refractivity (Wildman–Crippen MR) is 119 cm³/mol. The minimum atomic E-state index is -0.848. The number of hydrogen-bond donors (Lipinski definition) is 1. The number of nitrogens with one attached hydrogen (secondary N) is 1. The molecule has 1 aromatic carbocycles. The average Bonchev–Trinajstić information content (AvgIpc) is 3.39. The van der Waals surface area contributed by atoms with Gasteiger partial charge in [0.15, 0.2) is 6.61 Å². The van der Waals surface area contributed by atoms with Crippen LogP contribution in [0.1, 0.15) is 48.3 Å². The molecule has 4 rings (SSSR count). The van der Waals surface area contributed by atoms with Gasteiger partial charge in [0, 0.05) is 17.5 Å². The van der Waals surface area contributed by atoms with Crippen LogP contribution in [0.4, 0.5) is 10.2 Å². The van der Waals surface area contributed by atoms with Crippen molar-refractivity contribution >= 4 is 17.7 Å². The minimum absolute atomic E-state index is 0.342. The Balaban J connectivity index is 1.46. The van der Waals surface area contributed by atoms with Crippen molar-refractivity contribution in [2.75, 3.05) is 11.9 Å². The SMILES string of the molecule is Cc1cc(C)nc(-n2nc(C)cc2NC(=O)COC(=O)C2(c3ccc(F)cc3)CCCC2)n1. The first kappa shape index (κ1) is 22.6. The summed E-state index contributed by atoms with van der Waals surface area (Å²) < 4.78 is 20.3. The molecule has 9 heteroatoms. The highest BCUT2D eigenvalue weighted by atomic mass is 19.1. The van der Waals surface area contributed by atoms with Gasteiger partial charge in [-0.3, -0.25) is 9.59 Å². The number of hydrogen-bond acceptors (Lipinski definition) is 6. The summed E-state index contributed by atoms with van der Waals surface area (Å²) in [6, 6.07) is 9.46. The molecule has 33 heavy (non-hydrogen) atoms. The molecule has 0 atom stereocenters. The zero-order chi connectivity index (χ0) is 23.6. The summed E-state index contributed by atoms with van der Waals surface area (Å²) in [6.07, 6.45) is 2.95. The molecule has 1 fully saturated rings. The van der Waals surface area contributed by atoms with E-state index in [2.05, 4.69) is 20.4 Å². The zero-order valence-electron chi connectivity index (χ0n) is 18.9. The summed E-state index contributed by atoms with van der Waals surface area (Å²) >= 11 is 0. The van der Waals surface area contributed by atoms with Crippen LogP contribution in [0.25, 0.3) is 5.95 Å². The molecule has 8 nitrogen and oxygen atoms in total. The van der Waals surface area contributed by atoms with Crippen LogP contribution in [0, 0.1) is 26.6 Å². The van der Waals surface area contributed by atoms with Crippen LogP contribution in [0.3, 0.4) is 0 Å². The monoisotopic (exact) mass is 451 g/mol. The molecular formula is C24H26FN5O3. The van der Waals surface area contributed by atoms with Crippen molar-refractivity contribution in [3.63, 3.8) is 0 Å². The molecule has 1 amide bonds. The number of amides is 1. The van der Waals surface area contributed by atoms with E-state index in [9.17, 15) is 14.0 Å². The molecule has 0 aliphatic heterocycles. The summed E-state index contributed by atoms with van der Waals surface area (Å²) in [5, 5.41) is 7.10. The lowest BCUT2D eigenvalue weighted by atomic mass is 9.79. The van der Waals surface area contributed by atoms with Gasteiger partial charge < -0.3 is 10.1 Å². The molecular weight excluding hydrogens is 425 g/mol.